The fraction of sp³-hybridized carbons (Fsp3) is 0.111. The van der Waals surface area contributed by atoms with Crippen LogP contribution in [0.3, 0.4) is 0 Å². The lowest BCUT2D eigenvalue weighted by Crippen LogP contribution is -1.92. The van der Waals surface area contributed by atoms with Crippen LogP contribution in [0.25, 0.3) is 33.1 Å². The molecule has 0 unspecified atom stereocenters. The average molecular weight is 289 g/mol. The minimum Gasteiger partial charge on any atom is -0.378 e. The molecule has 0 aliphatic heterocycles. The Hall–Kier alpha value is -2.72. The molecule has 0 radical (unpaired) electrons. The molecule has 2 heterocycles. The highest BCUT2D eigenvalue weighted by Gasteiger charge is 2.14. The van der Waals surface area contributed by atoms with Crippen molar-refractivity contribution >= 4 is 21.8 Å². The van der Waals surface area contributed by atoms with Crippen molar-refractivity contribution in [2.75, 3.05) is 7.11 Å². The lowest BCUT2D eigenvalue weighted by molar-refractivity contribution is 0.182. The molecular formula is C18H15N3O. The van der Waals surface area contributed by atoms with Crippen LogP contribution in [0.4, 0.5) is 0 Å². The van der Waals surface area contributed by atoms with E-state index in [9.17, 15) is 0 Å². The number of fused-ring (bicyclic) bond motifs is 3. The third-order valence-corrected chi connectivity index (χ3v) is 3.81. The van der Waals surface area contributed by atoms with E-state index < -0.39 is 0 Å². The van der Waals surface area contributed by atoms with Gasteiger partial charge in [-0.05, 0) is 0 Å². The Morgan fingerprint density at radius 2 is 1.64 bits per heavy atom. The molecule has 108 valence electrons. The van der Waals surface area contributed by atoms with Crippen LogP contribution in [0.1, 0.15) is 5.69 Å². The number of hydrogen-bond acceptors (Lipinski definition) is 3. The number of pyridine rings is 1. The molecule has 0 spiro atoms. The summed E-state index contributed by atoms with van der Waals surface area (Å²) < 4.78 is 5.24. The van der Waals surface area contributed by atoms with Crippen LogP contribution in [0, 0.1) is 0 Å². The highest BCUT2D eigenvalue weighted by molar-refractivity contribution is 6.09. The summed E-state index contributed by atoms with van der Waals surface area (Å²) >= 11 is 0. The molecule has 4 rings (SSSR count). The molecule has 0 amide bonds. The van der Waals surface area contributed by atoms with Gasteiger partial charge in [-0.3, -0.25) is 5.10 Å². The Labute approximate surface area is 127 Å². The Morgan fingerprint density at radius 1 is 0.909 bits per heavy atom. The van der Waals surface area contributed by atoms with Crippen molar-refractivity contribution < 1.29 is 4.74 Å². The summed E-state index contributed by atoms with van der Waals surface area (Å²) in [4.78, 5) is 4.88. The number of methoxy groups -OCH3 is 1. The molecule has 0 bridgehead atoms. The third-order valence-electron chi connectivity index (χ3n) is 3.81. The topological polar surface area (TPSA) is 50.8 Å². The van der Waals surface area contributed by atoms with Crippen molar-refractivity contribution in [3.63, 3.8) is 0 Å². The summed E-state index contributed by atoms with van der Waals surface area (Å²) in [5.41, 5.74) is 4.75. The van der Waals surface area contributed by atoms with E-state index in [0.29, 0.717) is 6.61 Å². The zero-order valence-electron chi connectivity index (χ0n) is 12.2. The van der Waals surface area contributed by atoms with E-state index in [2.05, 4.69) is 34.5 Å². The first-order valence-electron chi connectivity index (χ1n) is 7.18. The van der Waals surface area contributed by atoms with E-state index in [0.717, 1.165) is 38.8 Å². The molecule has 1 N–H and O–H groups in total. The number of ether oxygens (including phenoxy) is 1. The Balaban J connectivity index is 2.11. The highest BCUT2D eigenvalue weighted by atomic mass is 16.5. The number of benzene rings is 2. The van der Waals surface area contributed by atoms with Gasteiger partial charge in [-0.25, -0.2) is 4.98 Å². The Bertz CT molecular complexity index is 945. The van der Waals surface area contributed by atoms with Crippen LogP contribution in [0.15, 0.2) is 54.6 Å². The minimum atomic E-state index is 0.468. The fourth-order valence-corrected chi connectivity index (χ4v) is 2.81. The summed E-state index contributed by atoms with van der Waals surface area (Å²) in [7, 11) is 1.67. The molecule has 22 heavy (non-hydrogen) atoms. The first kappa shape index (κ1) is 13.0. The number of nitrogens with zero attached hydrogens (tertiary/aromatic N) is 2. The molecule has 0 atom stereocenters. The zero-order chi connectivity index (χ0) is 14.9. The van der Waals surface area contributed by atoms with Crippen molar-refractivity contribution in [2.24, 2.45) is 0 Å². The number of aromatic amines is 1. The van der Waals surface area contributed by atoms with Crippen LogP contribution in [0.2, 0.25) is 0 Å². The molecule has 0 fully saturated rings. The first-order valence-corrected chi connectivity index (χ1v) is 7.18. The number of rotatable bonds is 3. The van der Waals surface area contributed by atoms with Crippen molar-refractivity contribution in [3.05, 3.63) is 60.3 Å². The molecule has 0 aliphatic rings. The van der Waals surface area contributed by atoms with Crippen molar-refractivity contribution in [3.8, 4) is 11.3 Å². The predicted molar refractivity (Wildman–Crippen MR) is 87.5 cm³/mol. The van der Waals surface area contributed by atoms with Crippen molar-refractivity contribution in [2.45, 2.75) is 6.61 Å². The van der Waals surface area contributed by atoms with Gasteiger partial charge in [-0.2, -0.15) is 5.10 Å². The molecule has 4 heteroatoms. The van der Waals surface area contributed by atoms with Crippen molar-refractivity contribution in [1.82, 2.24) is 15.2 Å². The van der Waals surface area contributed by atoms with Gasteiger partial charge in [0.15, 0.2) is 0 Å². The normalized spacial score (nSPS) is 11.3. The minimum absolute atomic E-state index is 0.468. The molecule has 0 aliphatic carbocycles. The summed E-state index contributed by atoms with van der Waals surface area (Å²) in [5.74, 6) is 0. The smallest absolute Gasteiger partial charge is 0.119 e. The van der Waals surface area contributed by atoms with Crippen LogP contribution in [0.5, 0.6) is 0 Å². The van der Waals surface area contributed by atoms with Crippen LogP contribution in [-0.2, 0) is 11.3 Å². The summed E-state index contributed by atoms with van der Waals surface area (Å²) in [6.45, 7) is 0.468. The van der Waals surface area contributed by atoms with E-state index in [-0.39, 0.29) is 0 Å². The standard InChI is InChI=1S/C18H15N3O/c1-22-11-15-18-17(21-20-15)14-10-6-5-9-13(14)16(19-18)12-7-3-2-4-8-12/h2-10H,11H2,1H3,(H,20,21). The summed E-state index contributed by atoms with van der Waals surface area (Å²) in [6.07, 6.45) is 0. The lowest BCUT2D eigenvalue weighted by Gasteiger charge is -2.07. The molecule has 2 aromatic heterocycles. The van der Waals surface area contributed by atoms with Gasteiger partial charge >= 0.3 is 0 Å². The number of H-pyrrole nitrogens is 1. The van der Waals surface area contributed by atoms with Gasteiger partial charge < -0.3 is 4.74 Å². The third kappa shape index (κ3) is 1.96. The van der Waals surface area contributed by atoms with Gasteiger partial charge in [0.2, 0.25) is 0 Å². The second-order valence-electron chi connectivity index (χ2n) is 5.20. The monoisotopic (exact) mass is 289 g/mol. The largest absolute Gasteiger partial charge is 0.378 e. The SMILES string of the molecule is COCc1[nH]nc2c1nc(-c1ccccc1)c1ccccc12. The molecule has 4 aromatic rings. The Morgan fingerprint density at radius 3 is 2.41 bits per heavy atom. The number of aromatic nitrogens is 3. The van der Waals surface area contributed by atoms with Gasteiger partial charge in [0.25, 0.3) is 0 Å². The maximum absolute atomic E-state index is 5.24. The summed E-state index contributed by atoms with van der Waals surface area (Å²) in [5, 5.41) is 9.69. The van der Waals surface area contributed by atoms with Crippen LogP contribution >= 0.6 is 0 Å². The van der Waals surface area contributed by atoms with Gasteiger partial charge in [0.05, 0.1) is 18.0 Å². The maximum Gasteiger partial charge on any atom is 0.119 e. The van der Waals surface area contributed by atoms with E-state index in [1.807, 2.05) is 30.3 Å². The molecular weight excluding hydrogens is 274 g/mol. The molecule has 4 nitrogen and oxygen atoms in total. The molecule has 0 saturated heterocycles. The fourth-order valence-electron chi connectivity index (χ4n) is 2.81. The highest BCUT2D eigenvalue weighted by Crippen LogP contribution is 2.32. The van der Waals surface area contributed by atoms with Gasteiger partial charge in [0, 0.05) is 23.4 Å². The van der Waals surface area contributed by atoms with Gasteiger partial charge in [-0.15, -0.1) is 0 Å². The lowest BCUT2D eigenvalue weighted by atomic mass is 10.0. The first-order chi connectivity index (χ1) is 10.9. The maximum atomic E-state index is 5.24. The van der Waals surface area contributed by atoms with E-state index >= 15 is 0 Å². The van der Waals surface area contributed by atoms with Crippen molar-refractivity contribution in [1.29, 1.82) is 0 Å². The number of hydrogen-bond donors (Lipinski definition) is 1. The van der Waals surface area contributed by atoms with E-state index in [1.54, 1.807) is 7.11 Å². The molecule has 0 saturated carbocycles. The second-order valence-corrected chi connectivity index (χ2v) is 5.20. The van der Waals surface area contributed by atoms with Gasteiger partial charge in [-0.1, -0.05) is 54.6 Å². The van der Waals surface area contributed by atoms with Crippen LogP contribution < -0.4 is 0 Å². The van der Waals surface area contributed by atoms with E-state index in [1.165, 1.54) is 0 Å². The number of nitrogens with one attached hydrogen (secondary N) is 1. The van der Waals surface area contributed by atoms with Gasteiger partial charge in [0.1, 0.15) is 11.0 Å². The Kier molecular flexibility index (Phi) is 3.09. The quantitative estimate of drug-likeness (QED) is 0.622. The average Bonchev–Trinajstić information content (AvgIpc) is 2.98. The summed E-state index contributed by atoms with van der Waals surface area (Å²) in [6, 6.07) is 18.5. The van der Waals surface area contributed by atoms with Crippen LogP contribution in [-0.4, -0.2) is 22.3 Å². The predicted octanol–water partition coefficient (Wildman–Crippen LogP) is 3.92. The zero-order valence-corrected chi connectivity index (χ0v) is 12.2. The molecule has 2 aromatic carbocycles. The van der Waals surface area contributed by atoms with E-state index in [4.69, 9.17) is 9.72 Å². The second kappa shape index (κ2) is 5.24.